The molecule has 0 aliphatic heterocycles. The van der Waals surface area contributed by atoms with E-state index in [1.807, 2.05) is 37.3 Å². The van der Waals surface area contributed by atoms with E-state index in [0.29, 0.717) is 47.3 Å². The Morgan fingerprint density at radius 1 is 0.971 bits per heavy atom. The van der Waals surface area contributed by atoms with Crippen molar-refractivity contribution in [2.75, 3.05) is 20.3 Å². The number of nitrogens with zero attached hydrogens (tertiary/aromatic N) is 1. The largest absolute Gasteiger partial charge is 0.493 e. The molecule has 0 aliphatic rings. The summed E-state index contributed by atoms with van der Waals surface area (Å²) in [6.07, 6.45) is 6.73. The molecule has 0 fully saturated rings. The highest BCUT2D eigenvalue weighted by molar-refractivity contribution is 5.95. The van der Waals surface area contributed by atoms with E-state index in [-0.39, 0.29) is 12.5 Å². The van der Waals surface area contributed by atoms with Gasteiger partial charge in [-0.25, -0.2) is 5.43 Å². The lowest BCUT2D eigenvalue weighted by atomic mass is 10.2. The van der Waals surface area contributed by atoms with Crippen LogP contribution in [0.25, 0.3) is 0 Å². The number of ether oxygens (including phenoxy) is 4. The Bertz CT molecular complexity index is 1170. The van der Waals surface area contributed by atoms with Crippen LogP contribution in [0.3, 0.4) is 0 Å². The summed E-state index contributed by atoms with van der Waals surface area (Å²) < 4.78 is 22.3. The van der Waals surface area contributed by atoms with Gasteiger partial charge < -0.3 is 18.9 Å². The molecule has 7 heteroatoms. The Labute approximate surface area is 199 Å². The van der Waals surface area contributed by atoms with Crippen LogP contribution in [0.5, 0.6) is 23.0 Å². The van der Waals surface area contributed by atoms with E-state index < -0.39 is 0 Å². The first-order valence-electron chi connectivity index (χ1n) is 10.7. The van der Waals surface area contributed by atoms with Crippen molar-refractivity contribution in [3.8, 4) is 35.3 Å². The third-order valence-corrected chi connectivity index (χ3v) is 4.62. The van der Waals surface area contributed by atoms with Crippen LogP contribution >= 0.6 is 0 Å². The molecule has 1 N–H and O–H groups in total. The predicted molar refractivity (Wildman–Crippen MR) is 131 cm³/mol. The normalized spacial score (nSPS) is 10.4. The maximum Gasteiger partial charge on any atom is 0.271 e. The lowest BCUT2D eigenvalue weighted by Gasteiger charge is -2.13. The van der Waals surface area contributed by atoms with E-state index in [1.54, 1.807) is 36.4 Å². The average molecular weight is 459 g/mol. The van der Waals surface area contributed by atoms with Gasteiger partial charge in [-0.2, -0.15) is 5.10 Å². The van der Waals surface area contributed by atoms with Gasteiger partial charge >= 0.3 is 0 Å². The predicted octanol–water partition coefficient (Wildman–Crippen LogP) is 4.45. The quantitative estimate of drug-likeness (QED) is 0.261. The second-order valence-corrected chi connectivity index (χ2v) is 6.97. The summed E-state index contributed by atoms with van der Waals surface area (Å²) in [5.74, 6) is 4.11. The Morgan fingerprint density at radius 3 is 2.47 bits per heavy atom. The highest BCUT2D eigenvalue weighted by Gasteiger charge is 2.12. The van der Waals surface area contributed by atoms with Gasteiger partial charge in [-0.1, -0.05) is 36.3 Å². The maximum absolute atomic E-state index is 12.6. The average Bonchev–Trinajstić information content (AvgIpc) is 2.87. The number of methoxy groups -OCH3 is 1. The molecule has 0 bridgehead atoms. The fourth-order valence-corrected chi connectivity index (χ4v) is 3.01. The fourth-order valence-electron chi connectivity index (χ4n) is 3.01. The summed E-state index contributed by atoms with van der Waals surface area (Å²) in [5.41, 5.74) is 4.66. The standard InChI is InChI=1S/C27H26N2O5/c1-4-15-33-23-13-11-21(16-25(23)31-3)18-28-29-27(30)22-12-14-24(26(17-22)32-5-2)34-19-20-9-7-6-8-10-20/h1,6-14,16-18H,5,15,19H2,2-3H3,(H,29,30)/b28-18+. The van der Waals surface area contributed by atoms with Crippen molar-refractivity contribution >= 4 is 12.1 Å². The third-order valence-electron chi connectivity index (χ3n) is 4.62. The van der Waals surface area contributed by atoms with E-state index in [1.165, 1.54) is 13.3 Å². The van der Waals surface area contributed by atoms with Crippen molar-refractivity contribution in [1.82, 2.24) is 5.43 Å². The first kappa shape index (κ1) is 24.2. The highest BCUT2D eigenvalue weighted by Crippen LogP contribution is 2.30. The highest BCUT2D eigenvalue weighted by atomic mass is 16.5. The van der Waals surface area contributed by atoms with Gasteiger partial charge in [0.1, 0.15) is 13.2 Å². The second-order valence-electron chi connectivity index (χ2n) is 6.97. The van der Waals surface area contributed by atoms with Crippen molar-refractivity contribution in [2.45, 2.75) is 13.5 Å². The first-order valence-corrected chi connectivity index (χ1v) is 10.7. The molecule has 0 unspecified atom stereocenters. The molecule has 3 aromatic rings. The minimum atomic E-state index is -0.382. The first-order chi connectivity index (χ1) is 16.6. The Hall–Kier alpha value is -4.44. The van der Waals surface area contributed by atoms with E-state index in [2.05, 4.69) is 16.4 Å². The van der Waals surface area contributed by atoms with Crippen LogP contribution in [0, 0.1) is 12.3 Å². The molecule has 0 spiro atoms. The molecule has 7 nitrogen and oxygen atoms in total. The molecule has 0 atom stereocenters. The number of carbonyl (C=O) groups excluding carboxylic acids is 1. The minimum absolute atomic E-state index is 0.139. The molecular weight excluding hydrogens is 432 g/mol. The summed E-state index contributed by atoms with van der Waals surface area (Å²) in [4.78, 5) is 12.6. The van der Waals surface area contributed by atoms with Crippen LogP contribution in [0.2, 0.25) is 0 Å². The Morgan fingerprint density at radius 2 is 1.74 bits per heavy atom. The number of rotatable bonds is 11. The van der Waals surface area contributed by atoms with Crippen LogP contribution < -0.4 is 24.4 Å². The molecule has 0 aromatic heterocycles. The van der Waals surface area contributed by atoms with Crippen LogP contribution in [0.1, 0.15) is 28.4 Å². The molecule has 34 heavy (non-hydrogen) atoms. The zero-order chi connectivity index (χ0) is 24.2. The van der Waals surface area contributed by atoms with Crippen molar-refractivity contribution in [3.05, 3.63) is 83.4 Å². The van der Waals surface area contributed by atoms with Crippen molar-refractivity contribution in [1.29, 1.82) is 0 Å². The Kier molecular flexibility index (Phi) is 8.94. The fraction of sp³-hybridized carbons (Fsp3) is 0.185. The second kappa shape index (κ2) is 12.6. The summed E-state index contributed by atoms with van der Waals surface area (Å²) in [5, 5.41) is 4.03. The van der Waals surface area contributed by atoms with Crippen molar-refractivity contribution in [3.63, 3.8) is 0 Å². The molecular formula is C27H26N2O5. The van der Waals surface area contributed by atoms with Gasteiger partial charge in [-0.05, 0) is 54.4 Å². The van der Waals surface area contributed by atoms with Gasteiger partial charge in [0.25, 0.3) is 5.91 Å². The summed E-state index contributed by atoms with van der Waals surface area (Å²) in [7, 11) is 1.53. The number of nitrogens with one attached hydrogen (secondary N) is 1. The third kappa shape index (κ3) is 6.78. The number of hydrogen-bond donors (Lipinski definition) is 1. The van der Waals surface area contributed by atoms with Crippen molar-refractivity contribution in [2.24, 2.45) is 5.10 Å². The molecule has 0 saturated heterocycles. The van der Waals surface area contributed by atoms with E-state index in [9.17, 15) is 4.79 Å². The van der Waals surface area contributed by atoms with Crippen LogP contribution in [-0.2, 0) is 6.61 Å². The maximum atomic E-state index is 12.6. The van der Waals surface area contributed by atoms with Gasteiger partial charge in [0, 0.05) is 5.56 Å². The summed E-state index contributed by atoms with van der Waals surface area (Å²) in [6, 6.07) is 20.1. The van der Waals surface area contributed by atoms with Crippen LogP contribution in [-0.4, -0.2) is 32.4 Å². The van der Waals surface area contributed by atoms with Gasteiger partial charge in [0.15, 0.2) is 23.0 Å². The summed E-state index contributed by atoms with van der Waals surface area (Å²) >= 11 is 0. The number of carbonyl (C=O) groups is 1. The van der Waals surface area contributed by atoms with Gasteiger partial charge in [0.2, 0.25) is 0 Å². The van der Waals surface area contributed by atoms with Gasteiger partial charge in [-0.15, -0.1) is 6.42 Å². The van der Waals surface area contributed by atoms with Crippen LogP contribution in [0.4, 0.5) is 0 Å². The number of hydrazone groups is 1. The zero-order valence-corrected chi connectivity index (χ0v) is 19.1. The Balaban J connectivity index is 1.65. The topological polar surface area (TPSA) is 78.4 Å². The zero-order valence-electron chi connectivity index (χ0n) is 19.1. The lowest BCUT2D eigenvalue weighted by molar-refractivity contribution is 0.0954. The molecule has 0 saturated carbocycles. The van der Waals surface area contributed by atoms with Crippen LogP contribution in [0.15, 0.2) is 71.8 Å². The molecule has 0 aliphatic carbocycles. The molecule has 3 rings (SSSR count). The van der Waals surface area contributed by atoms with Crippen molar-refractivity contribution < 1.29 is 23.7 Å². The molecule has 174 valence electrons. The van der Waals surface area contributed by atoms with Gasteiger partial charge in [-0.3, -0.25) is 4.79 Å². The number of amides is 1. The molecule has 1 amide bonds. The number of terminal acetylenes is 1. The SMILES string of the molecule is C#CCOc1ccc(/C=N/NC(=O)c2ccc(OCc3ccccc3)c(OCC)c2)cc1OC. The summed E-state index contributed by atoms with van der Waals surface area (Å²) in [6.45, 7) is 2.84. The lowest BCUT2D eigenvalue weighted by Crippen LogP contribution is -2.17. The van der Waals surface area contributed by atoms with E-state index >= 15 is 0 Å². The van der Waals surface area contributed by atoms with E-state index in [0.717, 1.165) is 5.56 Å². The smallest absolute Gasteiger partial charge is 0.271 e. The van der Waals surface area contributed by atoms with Gasteiger partial charge in [0.05, 0.1) is 19.9 Å². The monoisotopic (exact) mass is 458 g/mol. The number of hydrogen-bond acceptors (Lipinski definition) is 6. The molecule has 3 aromatic carbocycles. The minimum Gasteiger partial charge on any atom is -0.493 e. The van der Waals surface area contributed by atoms with E-state index in [4.69, 9.17) is 25.4 Å². The molecule has 0 heterocycles. The molecule has 0 radical (unpaired) electrons. The number of benzene rings is 3.